The highest BCUT2D eigenvalue weighted by atomic mass is 35.5. The second-order valence-corrected chi connectivity index (χ2v) is 8.30. The van der Waals surface area contributed by atoms with E-state index in [4.69, 9.17) is 23.2 Å². The Labute approximate surface area is 147 Å². The van der Waals surface area contributed by atoms with Crippen LogP contribution in [0.25, 0.3) is 0 Å². The van der Waals surface area contributed by atoms with E-state index in [1.807, 2.05) is 9.80 Å². The molecule has 3 fully saturated rings. The van der Waals surface area contributed by atoms with Crippen molar-refractivity contribution in [2.45, 2.75) is 36.4 Å². The van der Waals surface area contributed by atoms with E-state index in [0.29, 0.717) is 24.2 Å². The number of amides is 2. The van der Waals surface area contributed by atoms with Gasteiger partial charge in [0.2, 0.25) is 11.8 Å². The van der Waals surface area contributed by atoms with Crippen LogP contribution in [-0.4, -0.2) is 58.5 Å². The van der Waals surface area contributed by atoms with Crippen LogP contribution in [0.3, 0.4) is 0 Å². The van der Waals surface area contributed by atoms with E-state index in [0.717, 1.165) is 45.4 Å². The zero-order valence-electron chi connectivity index (χ0n) is 13.3. The summed E-state index contributed by atoms with van der Waals surface area (Å²) >= 11 is 12.4. The predicted octanol–water partition coefficient (Wildman–Crippen LogP) is 2.49. The van der Waals surface area contributed by atoms with Crippen LogP contribution in [0.2, 0.25) is 0 Å². The van der Waals surface area contributed by atoms with E-state index in [1.54, 1.807) is 0 Å². The molecule has 128 valence electrons. The van der Waals surface area contributed by atoms with Gasteiger partial charge in [-0.25, -0.2) is 0 Å². The van der Waals surface area contributed by atoms with Gasteiger partial charge < -0.3 is 9.80 Å². The number of hydrogen-bond donors (Lipinski definition) is 0. The second-order valence-electron chi connectivity index (χ2n) is 7.18. The second kappa shape index (κ2) is 7.02. The minimum Gasteiger partial charge on any atom is -0.342 e. The highest BCUT2D eigenvalue weighted by Crippen LogP contribution is 2.35. The van der Waals surface area contributed by atoms with Crippen molar-refractivity contribution >= 4 is 35.0 Å². The minimum atomic E-state index is -0.0142. The maximum atomic E-state index is 12.6. The molecule has 5 unspecified atom stereocenters. The highest BCUT2D eigenvalue weighted by Gasteiger charge is 2.42. The van der Waals surface area contributed by atoms with Gasteiger partial charge in [0.1, 0.15) is 0 Å². The van der Waals surface area contributed by atoms with E-state index in [2.05, 4.69) is 6.58 Å². The molecular weight excluding hydrogens is 335 g/mol. The lowest BCUT2D eigenvalue weighted by Crippen LogP contribution is -2.36. The molecule has 0 spiro atoms. The molecule has 5 atom stereocenters. The molecule has 2 saturated heterocycles. The predicted molar refractivity (Wildman–Crippen MR) is 91.6 cm³/mol. The Morgan fingerprint density at radius 3 is 2.17 bits per heavy atom. The molecule has 4 nitrogen and oxygen atoms in total. The number of likely N-dealkylation sites (tertiary alicyclic amines) is 2. The SMILES string of the molecule is C=CC(=O)N1CC2CN(C(=O)CC3CCC(Cl)C(Cl)C3)CC2C1. The zero-order valence-corrected chi connectivity index (χ0v) is 14.8. The van der Waals surface area contributed by atoms with Crippen molar-refractivity contribution in [1.29, 1.82) is 0 Å². The normalized spacial score (nSPS) is 36.9. The molecule has 1 aliphatic carbocycles. The average molecular weight is 359 g/mol. The van der Waals surface area contributed by atoms with Gasteiger partial charge in [-0.05, 0) is 31.3 Å². The van der Waals surface area contributed by atoms with E-state index < -0.39 is 0 Å². The number of carbonyl (C=O) groups excluding carboxylic acids is 2. The molecule has 2 amide bonds. The monoisotopic (exact) mass is 358 g/mol. The molecule has 2 heterocycles. The van der Waals surface area contributed by atoms with Gasteiger partial charge in [0, 0.05) is 49.8 Å². The van der Waals surface area contributed by atoms with Crippen LogP contribution >= 0.6 is 23.2 Å². The van der Waals surface area contributed by atoms with Crippen LogP contribution in [0.15, 0.2) is 12.7 Å². The summed E-state index contributed by atoms with van der Waals surface area (Å²) in [6.45, 7) is 6.60. The van der Waals surface area contributed by atoms with E-state index in [1.165, 1.54) is 6.08 Å². The number of fused-ring (bicyclic) bond motifs is 1. The van der Waals surface area contributed by atoms with Crippen LogP contribution in [0.5, 0.6) is 0 Å². The van der Waals surface area contributed by atoms with Crippen molar-refractivity contribution in [2.24, 2.45) is 17.8 Å². The van der Waals surface area contributed by atoms with Gasteiger partial charge in [0.15, 0.2) is 0 Å². The lowest BCUT2D eigenvalue weighted by atomic mass is 9.86. The van der Waals surface area contributed by atoms with Crippen molar-refractivity contribution in [3.8, 4) is 0 Å². The van der Waals surface area contributed by atoms with Crippen LogP contribution in [0, 0.1) is 17.8 Å². The number of nitrogens with zero attached hydrogens (tertiary/aromatic N) is 2. The van der Waals surface area contributed by atoms with Gasteiger partial charge in [0.25, 0.3) is 0 Å². The van der Waals surface area contributed by atoms with Crippen molar-refractivity contribution in [1.82, 2.24) is 9.80 Å². The molecule has 3 rings (SSSR count). The molecule has 0 aromatic rings. The summed E-state index contributed by atoms with van der Waals surface area (Å²) in [5.41, 5.74) is 0. The third kappa shape index (κ3) is 3.69. The first kappa shape index (κ1) is 17.1. The molecule has 0 N–H and O–H groups in total. The minimum absolute atomic E-state index is 0.00302. The molecular formula is C17H24Cl2N2O2. The van der Waals surface area contributed by atoms with Crippen molar-refractivity contribution < 1.29 is 9.59 Å². The molecule has 0 aromatic carbocycles. The third-order valence-corrected chi connectivity index (χ3v) is 6.72. The molecule has 0 radical (unpaired) electrons. The number of hydrogen-bond acceptors (Lipinski definition) is 2. The largest absolute Gasteiger partial charge is 0.342 e. The molecule has 0 bridgehead atoms. The first-order valence-corrected chi connectivity index (χ1v) is 9.32. The summed E-state index contributed by atoms with van der Waals surface area (Å²) in [6, 6.07) is 0. The van der Waals surface area contributed by atoms with Gasteiger partial charge in [-0.3, -0.25) is 9.59 Å². The molecule has 2 aliphatic heterocycles. The van der Waals surface area contributed by atoms with Crippen molar-refractivity contribution in [3.05, 3.63) is 12.7 Å². The fraction of sp³-hybridized carbons (Fsp3) is 0.765. The first-order valence-electron chi connectivity index (χ1n) is 8.45. The Bertz CT molecular complexity index is 485. The van der Waals surface area contributed by atoms with Crippen molar-refractivity contribution in [3.63, 3.8) is 0 Å². The molecule has 0 aromatic heterocycles. The average Bonchev–Trinajstić information content (AvgIpc) is 3.09. The quantitative estimate of drug-likeness (QED) is 0.574. The lowest BCUT2D eigenvalue weighted by molar-refractivity contribution is -0.131. The Morgan fingerprint density at radius 1 is 1.00 bits per heavy atom. The van der Waals surface area contributed by atoms with Gasteiger partial charge in [-0.2, -0.15) is 0 Å². The fourth-order valence-corrected chi connectivity index (χ4v) is 4.83. The summed E-state index contributed by atoms with van der Waals surface area (Å²) in [5, 5.41) is 0.0298. The fourth-order valence-electron chi connectivity index (χ4n) is 4.23. The van der Waals surface area contributed by atoms with E-state index in [9.17, 15) is 9.59 Å². The number of rotatable bonds is 3. The van der Waals surface area contributed by atoms with Gasteiger partial charge >= 0.3 is 0 Å². The summed E-state index contributed by atoms with van der Waals surface area (Å²) < 4.78 is 0. The molecule has 3 aliphatic rings. The summed E-state index contributed by atoms with van der Waals surface area (Å²) in [5.74, 6) is 1.44. The lowest BCUT2D eigenvalue weighted by Gasteiger charge is -2.30. The molecule has 23 heavy (non-hydrogen) atoms. The zero-order chi connectivity index (χ0) is 16.6. The summed E-state index contributed by atoms with van der Waals surface area (Å²) in [4.78, 5) is 28.1. The summed E-state index contributed by atoms with van der Waals surface area (Å²) in [6.07, 6.45) is 4.69. The molecule has 6 heteroatoms. The Balaban J connectivity index is 1.48. The smallest absolute Gasteiger partial charge is 0.245 e. The van der Waals surface area contributed by atoms with E-state index in [-0.39, 0.29) is 22.6 Å². The summed E-state index contributed by atoms with van der Waals surface area (Å²) in [7, 11) is 0. The Kier molecular flexibility index (Phi) is 5.22. The van der Waals surface area contributed by atoms with Crippen LogP contribution in [0.4, 0.5) is 0 Å². The third-order valence-electron chi connectivity index (χ3n) is 5.59. The first-order chi connectivity index (χ1) is 11.0. The molecule has 1 saturated carbocycles. The van der Waals surface area contributed by atoms with Crippen LogP contribution in [-0.2, 0) is 9.59 Å². The van der Waals surface area contributed by atoms with Crippen LogP contribution < -0.4 is 0 Å². The standard InChI is InChI=1S/C17H24Cl2N2O2/c1-2-16(22)20-7-12-9-21(10-13(12)8-20)17(23)6-11-3-4-14(18)15(19)5-11/h2,11-15H,1,3-10H2. The van der Waals surface area contributed by atoms with Crippen molar-refractivity contribution in [2.75, 3.05) is 26.2 Å². The Morgan fingerprint density at radius 2 is 1.61 bits per heavy atom. The van der Waals surface area contributed by atoms with Gasteiger partial charge in [-0.1, -0.05) is 6.58 Å². The highest BCUT2D eigenvalue weighted by molar-refractivity contribution is 6.30. The Hall–Kier alpha value is -0.740. The van der Waals surface area contributed by atoms with Gasteiger partial charge in [0.05, 0.1) is 5.38 Å². The number of carbonyl (C=O) groups is 2. The number of alkyl halides is 2. The topological polar surface area (TPSA) is 40.6 Å². The van der Waals surface area contributed by atoms with E-state index >= 15 is 0 Å². The maximum Gasteiger partial charge on any atom is 0.245 e. The van der Waals surface area contributed by atoms with Gasteiger partial charge in [-0.15, -0.1) is 23.2 Å². The maximum absolute atomic E-state index is 12.6. The number of halogens is 2. The van der Waals surface area contributed by atoms with Crippen LogP contribution in [0.1, 0.15) is 25.7 Å².